The number of allylic oxidation sites excluding steroid dienone is 1. The Hall–Kier alpha value is -0.150. The first kappa shape index (κ1) is 12.9. The van der Waals surface area contributed by atoms with Gasteiger partial charge in [-0.05, 0) is 45.5 Å². The Labute approximate surface area is 107 Å². The van der Waals surface area contributed by atoms with Crippen LogP contribution in [0.1, 0.15) is 12.5 Å². The molecule has 0 spiro atoms. The van der Waals surface area contributed by atoms with Gasteiger partial charge in [0.25, 0.3) is 0 Å². The normalized spacial score (nSPS) is 14.7. The molecule has 1 rings (SSSR count). The zero-order chi connectivity index (χ0) is 11.5. The van der Waals surface area contributed by atoms with Gasteiger partial charge in [-0.2, -0.15) is 0 Å². The van der Waals surface area contributed by atoms with Gasteiger partial charge in [0, 0.05) is 5.33 Å². The Balaban J connectivity index is 2.89. The summed E-state index contributed by atoms with van der Waals surface area (Å²) in [6.07, 6.45) is 2.78. The van der Waals surface area contributed by atoms with Gasteiger partial charge in [0.15, 0.2) is 0 Å². The van der Waals surface area contributed by atoms with Crippen molar-refractivity contribution in [2.75, 3.05) is 5.33 Å². The molecule has 15 heavy (non-hydrogen) atoms. The minimum Gasteiger partial charge on any atom is -0.206 e. The van der Waals surface area contributed by atoms with Crippen molar-refractivity contribution in [3.63, 3.8) is 0 Å². The largest absolute Gasteiger partial charge is 0.206 e. The van der Waals surface area contributed by atoms with E-state index in [1.807, 2.05) is 18.2 Å². The molecule has 0 aliphatic carbocycles. The molecule has 0 N–H and O–H groups in total. The fraction of sp³-hybridized carbons (Fsp3) is 0.333. The summed E-state index contributed by atoms with van der Waals surface area (Å²) in [4.78, 5) is 0. The summed E-state index contributed by atoms with van der Waals surface area (Å²) < 4.78 is 13.5. The molecule has 0 aliphatic rings. The summed E-state index contributed by atoms with van der Waals surface area (Å²) in [5.41, 5.74) is 1.11. The predicted octanol–water partition coefficient (Wildman–Crippen LogP) is 4.72. The molecular formula is C12H13Br2F. The van der Waals surface area contributed by atoms with Crippen molar-refractivity contribution in [3.8, 4) is 0 Å². The summed E-state index contributed by atoms with van der Waals surface area (Å²) >= 11 is 6.65. The third kappa shape index (κ3) is 3.42. The first-order chi connectivity index (χ1) is 7.00. The molecule has 1 unspecified atom stereocenters. The first-order valence-corrected chi connectivity index (χ1v) is 6.56. The monoisotopic (exact) mass is 334 g/mol. The molecule has 1 atom stereocenters. The summed E-state index contributed by atoms with van der Waals surface area (Å²) in [5, 5.41) is 0.846. The molecule has 3 heteroatoms. The lowest BCUT2D eigenvalue weighted by Crippen LogP contribution is -2.18. The number of hydrogen-bond donors (Lipinski definition) is 0. The lowest BCUT2D eigenvalue weighted by molar-refractivity contribution is 0.492. The zero-order valence-corrected chi connectivity index (χ0v) is 11.7. The highest BCUT2D eigenvalue weighted by Crippen LogP contribution is 2.28. The second-order valence-corrected chi connectivity index (χ2v) is 5.33. The van der Waals surface area contributed by atoms with Crippen LogP contribution in [0.3, 0.4) is 0 Å². The highest BCUT2D eigenvalue weighted by molar-refractivity contribution is 9.10. The summed E-state index contributed by atoms with van der Waals surface area (Å²) in [7, 11) is 0. The third-order valence-electron chi connectivity index (χ3n) is 2.39. The quantitative estimate of drug-likeness (QED) is 0.551. The van der Waals surface area contributed by atoms with E-state index in [0.29, 0.717) is 4.47 Å². The minimum absolute atomic E-state index is 0.0112. The SMILES string of the molecule is C=CC(C)(CBr)Cc1ccc(F)c(Br)c1. The Morgan fingerprint density at radius 3 is 2.67 bits per heavy atom. The van der Waals surface area contributed by atoms with E-state index in [0.717, 1.165) is 17.3 Å². The van der Waals surface area contributed by atoms with Gasteiger partial charge in [-0.15, -0.1) is 6.58 Å². The average Bonchev–Trinajstić information content (AvgIpc) is 2.23. The summed E-state index contributed by atoms with van der Waals surface area (Å²) in [6.45, 7) is 5.94. The van der Waals surface area contributed by atoms with Gasteiger partial charge >= 0.3 is 0 Å². The molecule has 0 saturated carbocycles. The molecule has 0 aliphatic heterocycles. The van der Waals surface area contributed by atoms with Crippen LogP contribution in [0, 0.1) is 11.2 Å². The van der Waals surface area contributed by atoms with Crippen molar-refractivity contribution < 1.29 is 4.39 Å². The van der Waals surface area contributed by atoms with Crippen LogP contribution in [-0.2, 0) is 6.42 Å². The van der Waals surface area contributed by atoms with Gasteiger partial charge in [-0.3, -0.25) is 0 Å². The highest BCUT2D eigenvalue weighted by Gasteiger charge is 2.19. The van der Waals surface area contributed by atoms with Crippen molar-refractivity contribution in [2.45, 2.75) is 13.3 Å². The van der Waals surface area contributed by atoms with Crippen molar-refractivity contribution in [2.24, 2.45) is 5.41 Å². The smallest absolute Gasteiger partial charge is 0.137 e. The van der Waals surface area contributed by atoms with Crippen LogP contribution in [0.2, 0.25) is 0 Å². The van der Waals surface area contributed by atoms with E-state index in [2.05, 4.69) is 45.4 Å². The number of halogens is 3. The van der Waals surface area contributed by atoms with Gasteiger partial charge in [0.1, 0.15) is 5.82 Å². The Morgan fingerprint density at radius 1 is 1.53 bits per heavy atom. The lowest BCUT2D eigenvalue weighted by Gasteiger charge is -2.22. The van der Waals surface area contributed by atoms with Gasteiger partial charge in [-0.1, -0.05) is 35.0 Å². The van der Waals surface area contributed by atoms with Crippen LogP contribution >= 0.6 is 31.9 Å². The van der Waals surface area contributed by atoms with Gasteiger partial charge in [0.2, 0.25) is 0 Å². The van der Waals surface area contributed by atoms with E-state index >= 15 is 0 Å². The van der Waals surface area contributed by atoms with Crippen LogP contribution in [0.4, 0.5) is 4.39 Å². The standard InChI is InChI=1S/C12H13Br2F/c1-3-12(2,8-13)7-9-4-5-11(15)10(14)6-9/h3-6H,1,7-8H2,2H3. The fourth-order valence-corrected chi connectivity index (χ4v) is 2.14. The van der Waals surface area contributed by atoms with E-state index in [1.165, 1.54) is 6.07 Å². The van der Waals surface area contributed by atoms with Gasteiger partial charge in [0.05, 0.1) is 4.47 Å². The van der Waals surface area contributed by atoms with E-state index in [1.54, 1.807) is 0 Å². The third-order valence-corrected chi connectivity index (χ3v) is 4.28. The number of alkyl halides is 1. The van der Waals surface area contributed by atoms with Crippen LogP contribution in [0.5, 0.6) is 0 Å². The topological polar surface area (TPSA) is 0 Å². The molecule has 1 aromatic rings. The van der Waals surface area contributed by atoms with E-state index < -0.39 is 0 Å². The average molecular weight is 336 g/mol. The van der Waals surface area contributed by atoms with Crippen LogP contribution in [-0.4, -0.2) is 5.33 Å². The second-order valence-electron chi connectivity index (χ2n) is 3.92. The molecule has 0 heterocycles. The molecule has 0 aromatic heterocycles. The zero-order valence-electron chi connectivity index (χ0n) is 8.56. The van der Waals surface area contributed by atoms with Crippen LogP contribution in [0.15, 0.2) is 35.3 Å². The molecule has 82 valence electrons. The number of rotatable bonds is 4. The van der Waals surface area contributed by atoms with Crippen molar-refractivity contribution >= 4 is 31.9 Å². The Kier molecular flexibility index (Phi) is 4.53. The maximum atomic E-state index is 13.0. The molecule has 0 bridgehead atoms. The van der Waals surface area contributed by atoms with Crippen LogP contribution < -0.4 is 0 Å². The van der Waals surface area contributed by atoms with Crippen LogP contribution in [0.25, 0.3) is 0 Å². The van der Waals surface area contributed by atoms with E-state index in [9.17, 15) is 4.39 Å². The Morgan fingerprint density at radius 2 is 2.20 bits per heavy atom. The second kappa shape index (κ2) is 5.26. The fourth-order valence-electron chi connectivity index (χ4n) is 1.29. The van der Waals surface area contributed by atoms with Crippen molar-refractivity contribution in [1.29, 1.82) is 0 Å². The molecular weight excluding hydrogens is 323 g/mol. The lowest BCUT2D eigenvalue weighted by atomic mass is 9.86. The molecule has 1 aromatic carbocycles. The molecule has 0 fully saturated rings. The molecule has 0 nitrogen and oxygen atoms in total. The van der Waals surface area contributed by atoms with Gasteiger partial charge in [-0.25, -0.2) is 4.39 Å². The predicted molar refractivity (Wildman–Crippen MR) is 69.9 cm³/mol. The Bertz CT molecular complexity index is 363. The maximum Gasteiger partial charge on any atom is 0.137 e. The molecule has 0 amide bonds. The summed E-state index contributed by atoms with van der Waals surface area (Å²) in [5.74, 6) is -0.224. The van der Waals surface area contributed by atoms with Crippen molar-refractivity contribution in [1.82, 2.24) is 0 Å². The van der Waals surface area contributed by atoms with E-state index in [-0.39, 0.29) is 11.2 Å². The van der Waals surface area contributed by atoms with E-state index in [4.69, 9.17) is 0 Å². The highest BCUT2D eigenvalue weighted by atomic mass is 79.9. The maximum absolute atomic E-state index is 13.0. The molecule has 0 radical (unpaired) electrons. The number of benzene rings is 1. The minimum atomic E-state index is -0.224. The van der Waals surface area contributed by atoms with Gasteiger partial charge < -0.3 is 0 Å². The number of hydrogen-bond acceptors (Lipinski definition) is 0. The van der Waals surface area contributed by atoms with Crippen molar-refractivity contribution in [3.05, 3.63) is 46.7 Å². The first-order valence-electron chi connectivity index (χ1n) is 4.64. The summed E-state index contributed by atoms with van der Waals surface area (Å²) in [6, 6.07) is 5.11. The molecule has 0 saturated heterocycles.